The Morgan fingerprint density at radius 3 is 2.12 bits per heavy atom. The largest absolute Gasteiger partial charge is 0.478 e. The van der Waals surface area contributed by atoms with Crippen LogP contribution in [0.4, 0.5) is 0 Å². The molecule has 7 heteroatoms. The Hall–Kier alpha value is -4.26. The Bertz CT molecular complexity index is 1190. The third-order valence-corrected chi connectivity index (χ3v) is 5.26. The molecule has 3 aromatic rings. The van der Waals surface area contributed by atoms with E-state index in [1.165, 1.54) is 18.2 Å². The third kappa shape index (κ3) is 4.13. The van der Waals surface area contributed by atoms with Gasteiger partial charge in [0.25, 0.3) is 11.8 Å². The fraction of sp³-hybridized carbons (Fsp3) is 0.120. The highest BCUT2D eigenvalue weighted by Gasteiger charge is 2.41. The number of carboxylic acids is 1. The maximum Gasteiger partial charge on any atom is 0.335 e. The molecule has 1 atom stereocenters. The number of hydrogen-bond donors (Lipinski definition) is 1. The summed E-state index contributed by atoms with van der Waals surface area (Å²) in [5, 5.41) is 9.22. The van der Waals surface area contributed by atoms with Crippen molar-refractivity contribution in [3.8, 4) is 0 Å². The molecule has 2 amide bonds. The zero-order chi connectivity index (χ0) is 22.7. The standard InChI is InChI=1S/C25H19NO6/c27-22(32-15-16-7-3-1-4-8-16)14-21(17-9-5-2-6-10-17)26-23(28)19-12-11-18(25(30)31)13-20(19)24(26)29/h1-13,21H,14-15H2,(H,30,31)/t21-/m0/s1. The Morgan fingerprint density at radius 1 is 0.844 bits per heavy atom. The monoisotopic (exact) mass is 429 g/mol. The van der Waals surface area contributed by atoms with Gasteiger partial charge in [-0.15, -0.1) is 0 Å². The van der Waals surface area contributed by atoms with E-state index in [4.69, 9.17) is 4.74 Å². The molecule has 0 fully saturated rings. The molecule has 3 aromatic carbocycles. The number of amides is 2. The van der Waals surface area contributed by atoms with Crippen LogP contribution in [0.15, 0.2) is 78.9 Å². The smallest absolute Gasteiger partial charge is 0.335 e. The van der Waals surface area contributed by atoms with Crippen LogP contribution in [0.2, 0.25) is 0 Å². The number of nitrogens with zero attached hydrogens (tertiary/aromatic N) is 1. The van der Waals surface area contributed by atoms with Gasteiger partial charge in [-0.2, -0.15) is 0 Å². The van der Waals surface area contributed by atoms with E-state index >= 15 is 0 Å². The van der Waals surface area contributed by atoms with E-state index in [9.17, 15) is 24.3 Å². The molecule has 7 nitrogen and oxygen atoms in total. The molecule has 1 N–H and O–H groups in total. The Labute approximate surface area is 183 Å². The minimum Gasteiger partial charge on any atom is -0.478 e. The Kier molecular flexibility index (Phi) is 5.81. The molecule has 32 heavy (non-hydrogen) atoms. The summed E-state index contributed by atoms with van der Waals surface area (Å²) in [7, 11) is 0. The van der Waals surface area contributed by atoms with Crippen molar-refractivity contribution in [1.82, 2.24) is 4.90 Å². The fourth-order valence-electron chi connectivity index (χ4n) is 3.66. The summed E-state index contributed by atoms with van der Waals surface area (Å²) in [4.78, 5) is 51.1. The van der Waals surface area contributed by atoms with Crippen LogP contribution >= 0.6 is 0 Å². The van der Waals surface area contributed by atoms with Crippen molar-refractivity contribution in [2.45, 2.75) is 19.1 Å². The van der Waals surface area contributed by atoms with Crippen LogP contribution in [-0.2, 0) is 16.1 Å². The molecule has 0 saturated heterocycles. The van der Waals surface area contributed by atoms with Gasteiger partial charge in [0.05, 0.1) is 29.2 Å². The summed E-state index contributed by atoms with van der Waals surface area (Å²) in [6.45, 7) is 0.0747. The predicted octanol–water partition coefficient (Wildman–Crippen LogP) is 3.86. The van der Waals surface area contributed by atoms with Gasteiger partial charge < -0.3 is 9.84 Å². The molecule has 0 bridgehead atoms. The second kappa shape index (κ2) is 8.85. The summed E-state index contributed by atoms with van der Waals surface area (Å²) < 4.78 is 5.37. The number of rotatable bonds is 7. The molecule has 4 rings (SSSR count). The van der Waals surface area contributed by atoms with Gasteiger partial charge in [-0.25, -0.2) is 4.79 Å². The second-order valence-corrected chi connectivity index (χ2v) is 7.32. The third-order valence-electron chi connectivity index (χ3n) is 5.26. The zero-order valence-electron chi connectivity index (χ0n) is 16.9. The van der Waals surface area contributed by atoms with Crippen LogP contribution in [0.5, 0.6) is 0 Å². The maximum absolute atomic E-state index is 13.1. The molecule has 0 unspecified atom stereocenters. The van der Waals surface area contributed by atoms with Crippen LogP contribution in [-0.4, -0.2) is 33.8 Å². The van der Waals surface area contributed by atoms with Crippen molar-refractivity contribution in [3.05, 3.63) is 107 Å². The second-order valence-electron chi connectivity index (χ2n) is 7.32. The fourth-order valence-corrected chi connectivity index (χ4v) is 3.66. The normalized spacial score (nSPS) is 13.6. The number of carbonyl (C=O) groups is 4. The number of aromatic carboxylic acids is 1. The lowest BCUT2D eigenvalue weighted by atomic mass is 10.0. The first kappa shape index (κ1) is 21.0. The van der Waals surface area contributed by atoms with Crippen LogP contribution in [0.1, 0.15) is 54.7 Å². The average molecular weight is 429 g/mol. The van der Waals surface area contributed by atoms with Gasteiger partial charge in [-0.3, -0.25) is 19.3 Å². The SMILES string of the molecule is O=C(C[C@@H](c1ccccc1)N1C(=O)c2ccc(C(=O)O)cc2C1=O)OCc1ccccc1. The molecule has 160 valence electrons. The Morgan fingerprint density at radius 2 is 1.47 bits per heavy atom. The minimum absolute atomic E-state index is 0.00786. The summed E-state index contributed by atoms with van der Waals surface area (Å²) >= 11 is 0. The molecule has 1 aliphatic rings. The molecular weight excluding hydrogens is 410 g/mol. The quantitative estimate of drug-likeness (QED) is 0.452. The first-order valence-electron chi connectivity index (χ1n) is 9.95. The molecule has 0 aliphatic carbocycles. The van der Waals surface area contributed by atoms with Crippen molar-refractivity contribution in [1.29, 1.82) is 0 Å². The van der Waals surface area contributed by atoms with Gasteiger partial charge in [-0.1, -0.05) is 60.7 Å². The van der Waals surface area contributed by atoms with E-state index in [1.807, 2.05) is 30.3 Å². The van der Waals surface area contributed by atoms with Gasteiger partial charge in [0.1, 0.15) is 6.61 Å². The Balaban J connectivity index is 1.61. The summed E-state index contributed by atoms with van der Waals surface area (Å²) in [5.74, 6) is -2.98. The van der Waals surface area contributed by atoms with E-state index in [0.717, 1.165) is 10.5 Å². The highest BCUT2D eigenvalue weighted by molar-refractivity contribution is 6.22. The first-order chi connectivity index (χ1) is 15.5. The minimum atomic E-state index is -1.20. The summed E-state index contributed by atoms with van der Waals surface area (Å²) in [6, 6.07) is 20.8. The van der Waals surface area contributed by atoms with Gasteiger partial charge in [-0.05, 0) is 29.3 Å². The van der Waals surface area contributed by atoms with Gasteiger partial charge in [0.2, 0.25) is 0 Å². The van der Waals surface area contributed by atoms with Crippen LogP contribution < -0.4 is 0 Å². The van der Waals surface area contributed by atoms with Gasteiger partial charge in [0, 0.05) is 0 Å². The number of esters is 1. The number of hydrogen-bond acceptors (Lipinski definition) is 5. The topological polar surface area (TPSA) is 101 Å². The van der Waals surface area contributed by atoms with E-state index in [-0.39, 0.29) is 29.7 Å². The average Bonchev–Trinajstić information content (AvgIpc) is 3.06. The molecule has 0 aromatic heterocycles. The lowest BCUT2D eigenvalue weighted by Gasteiger charge is -2.26. The van der Waals surface area contributed by atoms with Crippen molar-refractivity contribution in [3.63, 3.8) is 0 Å². The molecule has 0 saturated carbocycles. The lowest BCUT2D eigenvalue weighted by Crippen LogP contribution is -2.35. The number of carboxylic acid groups (broad SMARTS) is 1. The van der Waals surface area contributed by atoms with Crippen LogP contribution in [0, 0.1) is 0 Å². The van der Waals surface area contributed by atoms with Gasteiger partial charge >= 0.3 is 11.9 Å². The molecule has 1 heterocycles. The molecule has 0 spiro atoms. The van der Waals surface area contributed by atoms with E-state index in [2.05, 4.69) is 0 Å². The van der Waals surface area contributed by atoms with Crippen molar-refractivity contribution < 1.29 is 29.0 Å². The lowest BCUT2D eigenvalue weighted by molar-refractivity contribution is -0.146. The zero-order valence-corrected chi connectivity index (χ0v) is 16.9. The van der Waals surface area contributed by atoms with Crippen LogP contribution in [0.25, 0.3) is 0 Å². The number of carbonyl (C=O) groups excluding carboxylic acids is 3. The summed E-state index contributed by atoms with van der Waals surface area (Å²) in [5.41, 5.74) is 1.44. The number of ether oxygens (including phenoxy) is 1. The predicted molar refractivity (Wildman–Crippen MR) is 114 cm³/mol. The number of imide groups is 1. The number of fused-ring (bicyclic) bond motifs is 1. The summed E-state index contributed by atoms with van der Waals surface area (Å²) in [6.07, 6.45) is -0.228. The molecular formula is C25H19NO6. The molecule has 0 radical (unpaired) electrons. The highest BCUT2D eigenvalue weighted by Crippen LogP contribution is 2.34. The van der Waals surface area contributed by atoms with Crippen molar-refractivity contribution in [2.24, 2.45) is 0 Å². The van der Waals surface area contributed by atoms with Crippen molar-refractivity contribution >= 4 is 23.8 Å². The first-order valence-corrected chi connectivity index (χ1v) is 9.95. The maximum atomic E-state index is 13.1. The van der Waals surface area contributed by atoms with Crippen molar-refractivity contribution in [2.75, 3.05) is 0 Å². The van der Waals surface area contributed by atoms with E-state index < -0.39 is 29.8 Å². The van der Waals surface area contributed by atoms with Gasteiger partial charge in [0.15, 0.2) is 0 Å². The van der Waals surface area contributed by atoms with E-state index in [1.54, 1.807) is 30.3 Å². The molecule has 1 aliphatic heterocycles. The highest BCUT2D eigenvalue weighted by atomic mass is 16.5. The van der Waals surface area contributed by atoms with Crippen LogP contribution in [0.3, 0.4) is 0 Å². The number of benzene rings is 3. The van der Waals surface area contributed by atoms with E-state index in [0.29, 0.717) is 5.56 Å².